The van der Waals surface area contributed by atoms with E-state index in [0.717, 1.165) is 5.56 Å². The molecule has 126 valence electrons. The lowest BCUT2D eigenvalue weighted by Crippen LogP contribution is -2.40. The van der Waals surface area contributed by atoms with E-state index in [4.69, 9.17) is 21.2 Å². The van der Waals surface area contributed by atoms with Gasteiger partial charge in [-0.05, 0) is 37.1 Å². The molecule has 0 radical (unpaired) electrons. The average molecular weight is 350 g/mol. The van der Waals surface area contributed by atoms with Gasteiger partial charge in [-0.2, -0.15) is 4.98 Å². The van der Waals surface area contributed by atoms with Crippen LogP contribution in [0.3, 0.4) is 0 Å². The van der Waals surface area contributed by atoms with E-state index in [2.05, 4.69) is 10.1 Å². The van der Waals surface area contributed by atoms with Crippen molar-refractivity contribution < 1.29 is 19.2 Å². The predicted octanol–water partition coefficient (Wildman–Crippen LogP) is 2.40. The molecule has 0 saturated carbocycles. The van der Waals surface area contributed by atoms with Gasteiger partial charge in [0.25, 0.3) is 0 Å². The molecular weight excluding hydrogens is 334 g/mol. The highest BCUT2D eigenvalue weighted by Gasteiger charge is 2.33. The van der Waals surface area contributed by atoms with Gasteiger partial charge >= 0.3 is 5.97 Å². The van der Waals surface area contributed by atoms with Gasteiger partial charge in [0.2, 0.25) is 17.6 Å². The lowest BCUT2D eigenvalue weighted by atomic mass is 10.2. The molecule has 1 aliphatic heterocycles. The maximum Gasteiger partial charge on any atom is 0.326 e. The van der Waals surface area contributed by atoms with Crippen LogP contribution in [0.5, 0.6) is 0 Å². The number of carbonyl (C=O) groups excluding carboxylic acids is 1. The Bertz CT molecular complexity index is 744. The van der Waals surface area contributed by atoms with Gasteiger partial charge in [0.05, 0.1) is 0 Å². The number of aryl methyl sites for hydroxylation is 1. The molecule has 2 aromatic rings. The number of carboxylic acid groups (broad SMARTS) is 1. The molecule has 7 nitrogen and oxygen atoms in total. The van der Waals surface area contributed by atoms with Crippen LogP contribution in [0.15, 0.2) is 28.8 Å². The molecule has 1 amide bonds. The number of halogens is 1. The van der Waals surface area contributed by atoms with E-state index in [0.29, 0.717) is 36.1 Å². The third-order valence-corrected chi connectivity index (χ3v) is 4.23. The van der Waals surface area contributed by atoms with Gasteiger partial charge in [-0.25, -0.2) is 4.79 Å². The van der Waals surface area contributed by atoms with Gasteiger partial charge in [0, 0.05) is 30.0 Å². The van der Waals surface area contributed by atoms with Gasteiger partial charge in [-0.15, -0.1) is 0 Å². The van der Waals surface area contributed by atoms with E-state index in [-0.39, 0.29) is 18.7 Å². The van der Waals surface area contributed by atoms with Crippen LogP contribution in [0.2, 0.25) is 5.02 Å². The van der Waals surface area contributed by atoms with Crippen LogP contribution in [0.4, 0.5) is 0 Å². The Hall–Kier alpha value is -2.41. The largest absolute Gasteiger partial charge is 0.480 e. The smallest absolute Gasteiger partial charge is 0.326 e. The number of hydrogen-bond acceptors (Lipinski definition) is 5. The third kappa shape index (κ3) is 3.56. The zero-order valence-electron chi connectivity index (χ0n) is 12.8. The Morgan fingerprint density at radius 3 is 2.79 bits per heavy atom. The second-order valence-electron chi connectivity index (χ2n) is 5.60. The number of aliphatic carboxylic acids is 1. The van der Waals surface area contributed by atoms with E-state index in [1.165, 1.54) is 4.90 Å². The van der Waals surface area contributed by atoms with Crippen LogP contribution in [0.25, 0.3) is 11.4 Å². The number of amides is 1. The normalized spacial score (nSPS) is 17.2. The molecule has 1 atom stereocenters. The summed E-state index contributed by atoms with van der Waals surface area (Å²) in [5, 5.41) is 13.6. The minimum absolute atomic E-state index is 0.145. The Morgan fingerprint density at radius 1 is 1.33 bits per heavy atom. The van der Waals surface area contributed by atoms with E-state index in [1.54, 1.807) is 24.3 Å². The van der Waals surface area contributed by atoms with Crippen molar-refractivity contribution in [3.05, 3.63) is 35.2 Å². The fourth-order valence-corrected chi connectivity index (χ4v) is 2.88. The van der Waals surface area contributed by atoms with E-state index in [9.17, 15) is 9.59 Å². The number of carbonyl (C=O) groups is 2. The van der Waals surface area contributed by atoms with Crippen molar-refractivity contribution in [2.45, 2.75) is 31.7 Å². The molecule has 1 N–H and O–H groups in total. The summed E-state index contributed by atoms with van der Waals surface area (Å²) in [7, 11) is 0. The van der Waals surface area contributed by atoms with Gasteiger partial charge < -0.3 is 14.5 Å². The van der Waals surface area contributed by atoms with Crippen LogP contribution < -0.4 is 0 Å². The fraction of sp³-hybridized carbons (Fsp3) is 0.375. The van der Waals surface area contributed by atoms with Crippen molar-refractivity contribution in [2.75, 3.05) is 6.54 Å². The molecule has 1 aromatic carbocycles. The third-order valence-electron chi connectivity index (χ3n) is 3.98. The quantitative estimate of drug-likeness (QED) is 0.890. The molecule has 0 unspecified atom stereocenters. The van der Waals surface area contributed by atoms with Crippen LogP contribution in [-0.4, -0.2) is 44.6 Å². The fourth-order valence-electron chi connectivity index (χ4n) is 2.75. The minimum atomic E-state index is -0.955. The number of aromatic nitrogens is 2. The predicted molar refractivity (Wildman–Crippen MR) is 85.4 cm³/mol. The van der Waals surface area contributed by atoms with E-state index in [1.807, 2.05) is 0 Å². The second kappa shape index (κ2) is 7.00. The van der Waals surface area contributed by atoms with Gasteiger partial charge in [0.1, 0.15) is 6.04 Å². The molecule has 24 heavy (non-hydrogen) atoms. The van der Waals surface area contributed by atoms with Crippen molar-refractivity contribution in [1.82, 2.24) is 15.0 Å². The number of carboxylic acids is 1. The number of nitrogens with zero attached hydrogens (tertiary/aromatic N) is 3. The molecule has 2 heterocycles. The van der Waals surface area contributed by atoms with Crippen molar-refractivity contribution in [1.29, 1.82) is 0 Å². The van der Waals surface area contributed by atoms with Crippen molar-refractivity contribution in [3.8, 4) is 11.4 Å². The van der Waals surface area contributed by atoms with Gasteiger partial charge in [-0.1, -0.05) is 16.8 Å². The maximum absolute atomic E-state index is 12.2. The first-order chi connectivity index (χ1) is 11.5. The molecule has 1 fully saturated rings. The standard InChI is InChI=1S/C16H16ClN3O4/c17-11-5-3-10(4-6-11)15-18-13(24-19-15)7-8-14(21)20-9-1-2-12(20)16(22)23/h3-6,12H,1-2,7-9H2,(H,22,23)/t12-/m0/s1. The molecule has 0 spiro atoms. The summed E-state index contributed by atoms with van der Waals surface area (Å²) in [4.78, 5) is 29.0. The first kappa shape index (κ1) is 16.4. The SMILES string of the molecule is O=C(O)[C@@H]1CCCN1C(=O)CCc1nc(-c2ccc(Cl)cc2)no1. The van der Waals surface area contributed by atoms with Crippen LogP contribution in [0.1, 0.15) is 25.2 Å². The number of rotatable bonds is 5. The topological polar surface area (TPSA) is 96.5 Å². The van der Waals surface area contributed by atoms with Crippen molar-refractivity contribution in [2.24, 2.45) is 0 Å². The average Bonchev–Trinajstić information content (AvgIpc) is 3.22. The maximum atomic E-state index is 12.2. The summed E-state index contributed by atoms with van der Waals surface area (Å²) in [6.45, 7) is 0.482. The Labute approximate surface area is 143 Å². The number of likely N-dealkylation sites (tertiary alicyclic amines) is 1. The van der Waals surface area contributed by atoms with Crippen LogP contribution in [0, 0.1) is 0 Å². The lowest BCUT2D eigenvalue weighted by molar-refractivity contribution is -0.148. The molecule has 1 saturated heterocycles. The summed E-state index contributed by atoms with van der Waals surface area (Å²) >= 11 is 5.84. The zero-order chi connectivity index (χ0) is 17.1. The lowest BCUT2D eigenvalue weighted by Gasteiger charge is -2.20. The second-order valence-corrected chi connectivity index (χ2v) is 6.04. The summed E-state index contributed by atoms with van der Waals surface area (Å²) < 4.78 is 5.16. The molecular formula is C16H16ClN3O4. The van der Waals surface area contributed by atoms with E-state index < -0.39 is 12.0 Å². The minimum Gasteiger partial charge on any atom is -0.480 e. The Balaban J connectivity index is 1.60. The van der Waals surface area contributed by atoms with Crippen LogP contribution in [-0.2, 0) is 16.0 Å². The van der Waals surface area contributed by atoms with E-state index >= 15 is 0 Å². The monoisotopic (exact) mass is 349 g/mol. The molecule has 3 rings (SSSR count). The molecule has 8 heteroatoms. The molecule has 0 bridgehead atoms. The first-order valence-corrected chi connectivity index (χ1v) is 8.03. The van der Waals surface area contributed by atoms with Gasteiger partial charge in [-0.3, -0.25) is 4.79 Å². The number of hydrogen-bond donors (Lipinski definition) is 1. The van der Waals surface area contributed by atoms with Crippen molar-refractivity contribution in [3.63, 3.8) is 0 Å². The summed E-state index contributed by atoms with van der Waals surface area (Å²) in [5.41, 5.74) is 0.770. The molecule has 1 aliphatic rings. The van der Waals surface area contributed by atoms with Crippen LogP contribution >= 0.6 is 11.6 Å². The highest BCUT2D eigenvalue weighted by Crippen LogP contribution is 2.21. The Kier molecular flexibility index (Phi) is 4.80. The number of benzene rings is 1. The first-order valence-electron chi connectivity index (χ1n) is 7.65. The highest BCUT2D eigenvalue weighted by molar-refractivity contribution is 6.30. The summed E-state index contributed by atoms with van der Waals surface area (Å²) in [6.07, 6.45) is 1.64. The van der Waals surface area contributed by atoms with Gasteiger partial charge in [0.15, 0.2) is 0 Å². The highest BCUT2D eigenvalue weighted by atomic mass is 35.5. The summed E-state index contributed by atoms with van der Waals surface area (Å²) in [6, 6.07) is 6.31. The zero-order valence-corrected chi connectivity index (χ0v) is 13.6. The van der Waals surface area contributed by atoms with Crippen molar-refractivity contribution >= 4 is 23.5 Å². The molecule has 0 aliphatic carbocycles. The Morgan fingerprint density at radius 2 is 2.08 bits per heavy atom. The summed E-state index contributed by atoms with van der Waals surface area (Å²) in [5.74, 6) is -0.382. The molecule has 1 aromatic heterocycles.